The average molecular weight is 1160 g/mol. The van der Waals surface area contributed by atoms with E-state index in [-0.39, 0.29) is 84.8 Å². The number of phenolic OH excluding ortho intramolecular Hbond substituents is 2. The van der Waals surface area contributed by atoms with E-state index in [1.54, 1.807) is 47.8 Å². The number of benzene rings is 3. The zero-order valence-electron chi connectivity index (χ0n) is 45.7. The Balaban J connectivity index is 0.764. The van der Waals surface area contributed by atoms with E-state index in [4.69, 9.17) is 47.5 Å². The van der Waals surface area contributed by atoms with Crippen molar-refractivity contribution in [3.8, 4) is 23.0 Å². The van der Waals surface area contributed by atoms with Gasteiger partial charge in [-0.15, -0.1) is 0 Å². The van der Waals surface area contributed by atoms with Crippen molar-refractivity contribution in [2.45, 2.75) is 106 Å². The number of nitrogens with zero attached hydrogens (tertiary/aromatic N) is 2. The van der Waals surface area contributed by atoms with Crippen molar-refractivity contribution >= 4 is 52.7 Å². The van der Waals surface area contributed by atoms with E-state index in [1.807, 2.05) is 31.6 Å². The van der Waals surface area contributed by atoms with Gasteiger partial charge in [0.2, 0.25) is 11.7 Å². The highest BCUT2D eigenvalue weighted by Crippen LogP contribution is 2.53. The molecule has 24 heteroatoms. The third kappa shape index (κ3) is 13.5. The van der Waals surface area contributed by atoms with Gasteiger partial charge in [-0.1, -0.05) is 36.4 Å². The lowest BCUT2D eigenvalue weighted by Gasteiger charge is -2.43. The van der Waals surface area contributed by atoms with Crippen LogP contribution >= 0.6 is 23.5 Å². The maximum atomic E-state index is 14.3. The second kappa shape index (κ2) is 27.1. The molecule has 81 heavy (non-hydrogen) atoms. The van der Waals surface area contributed by atoms with Crippen LogP contribution in [-0.2, 0) is 83.3 Å². The number of nitrogens with one attached hydrogen (secondary N) is 2. The van der Waals surface area contributed by atoms with Crippen LogP contribution in [0.15, 0.2) is 54.6 Å². The van der Waals surface area contributed by atoms with Crippen LogP contribution in [0.25, 0.3) is 0 Å². The zero-order valence-corrected chi connectivity index (χ0v) is 47.4. The summed E-state index contributed by atoms with van der Waals surface area (Å²) in [6.07, 6.45) is -1.20. The van der Waals surface area contributed by atoms with E-state index in [0.29, 0.717) is 50.7 Å². The van der Waals surface area contributed by atoms with Gasteiger partial charge >= 0.3 is 0 Å². The molecule has 3 aliphatic heterocycles. The van der Waals surface area contributed by atoms with E-state index in [0.717, 1.165) is 28.6 Å². The number of aliphatic hydroxyl groups is 1. The maximum Gasteiger partial charge on any atom is 0.275 e. The third-order valence-electron chi connectivity index (χ3n) is 14.7. The summed E-state index contributed by atoms with van der Waals surface area (Å²) in [5.41, 5.74) is 1.73. The fraction of sp³-hybridized carbons (Fsp3) is 0.509. The minimum absolute atomic E-state index is 0.0421. The van der Waals surface area contributed by atoms with Gasteiger partial charge in [-0.25, -0.2) is 5.48 Å². The fourth-order valence-corrected chi connectivity index (χ4v) is 11.9. The molecule has 0 spiro atoms. The van der Waals surface area contributed by atoms with E-state index < -0.39 is 95.7 Å². The highest BCUT2D eigenvalue weighted by atomic mass is 32.2. The summed E-state index contributed by atoms with van der Waals surface area (Å²) < 4.78 is 53.1. The number of pyridine rings is 1. The number of aromatic nitrogens is 1. The molecule has 0 bridgehead atoms. The second-order valence-electron chi connectivity index (χ2n) is 20.2. The minimum Gasteiger partial charge on any atom is -0.507 e. The van der Waals surface area contributed by atoms with E-state index in [9.17, 15) is 39.3 Å². The first-order chi connectivity index (χ1) is 39.1. The molecule has 4 aromatic rings. The van der Waals surface area contributed by atoms with Crippen LogP contribution in [0.3, 0.4) is 0 Å². The quantitative estimate of drug-likeness (QED) is 0.0294. The van der Waals surface area contributed by atoms with Crippen LogP contribution in [0.1, 0.15) is 97.8 Å². The van der Waals surface area contributed by atoms with Gasteiger partial charge in [0.25, 0.3) is 5.91 Å². The molecule has 0 saturated carbocycles. The number of Topliss-reactive ketones (excluding diaryl/α,β-unsaturated/α-hetero) is 1. The molecule has 22 nitrogen and oxygen atoms in total. The monoisotopic (exact) mass is 1160 g/mol. The van der Waals surface area contributed by atoms with Gasteiger partial charge in [0, 0.05) is 92.1 Å². The Bertz CT molecular complexity index is 2930. The molecule has 2 amide bonds. The number of rotatable bonds is 26. The average Bonchev–Trinajstić information content (AvgIpc) is 3.89. The summed E-state index contributed by atoms with van der Waals surface area (Å²) in [6.45, 7) is 3.93. The molecule has 3 saturated heterocycles. The number of hydroxylamine groups is 1. The Morgan fingerprint density at radius 3 is 2.30 bits per heavy atom. The molecule has 2 aliphatic carbocycles. The van der Waals surface area contributed by atoms with Crippen LogP contribution in [0.4, 0.5) is 0 Å². The smallest absolute Gasteiger partial charge is 0.275 e. The number of hydrogen-bond acceptors (Lipinski definition) is 22. The van der Waals surface area contributed by atoms with Crippen molar-refractivity contribution in [1.29, 1.82) is 0 Å². The molecule has 3 aromatic carbocycles. The van der Waals surface area contributed by atoms with Crippen molar-refractivity contribution in [3.05, 3.63) is 110 Å². The molecule has 4 heterocycles. The topological polar surface area (TPSA) is 279 Å². The predicted octanol–water partition coefficient (Wildman–Crippen LogP) is 4.25. The SMILES string of the molecule is COc1cccc2c1C(=O)c1c(O)c3c(c(O)c1C2=O)C[C@@](O)(C(=O)NOCc1ccc(CC(=O)CNC(=O)CCOCCOCCOc2cc(CSC)nc(CSC)c2)cc1)C[C@@H]3O[C@H]1C[C@H]2[C@H](O[C@@H]3[C@@H](OC)OCCN32)[C@H](C)O1. The summed E-state index contributed by atoms with van der Waals surface area (Å²) in [5, 5.41) is 39.1. The summed E-state index contributed by atoms with van der Waals surface area (Å²) in [6, 6.07) is 14.9. The first-order valence-corrected chi connectivity index (χ1v) is 29.4. The summed E-state index contributed by atoms with van der Waals surface area (Å²) >= 11 is 3.40. The Hall–Kier alpha value is -5.74. The standard InChI is InChI=1S/C57H68N4O18S2/c1-31-53-40(61-14-16-75-55(71-3)54(61)79-53)24-44(77-31)78-42-26-57(69,25-39-46(42)52(67)48-47(50(39)65)49(64)38-7-6-8-41(70-2)45(38)51(48)66)56(68)60-76-28-33-11-9-32(10-12-33)21-36(62)27-58-43(63)13-15-72-17-18-73-19-20-74-37-22-34(29-80-4)59-35(23-37)30-81-5/h6-12,22-23,31,40,42,44,53-55,65,67,69H,13-21,24-30H2,1-5H3,(H,58,63)(H,60,68)/t31-,40-,42-,44-,53+,54+,55-,57-/m0/s1. The molecule has 3 fully saturated rings. The van der Waals surface area contributed by atoms with Gasteiger partial charge in [-0.3, -0.25) is 38.7 Å². The largest absolute Gasteiger partial charge is 0.507 e. The Labute approximate surface area is 477 Å². The third-order valence-corrected chi connectivity index (χ3v) is 15.9. The number of fused-ring (bicyclic) bond motifs is 6. The van der Waals surface area contributed by atoms with Crippen LogP contribution in [-0.4, -0.2) is 176 Å². The van der Waals surface area contributed by atoms with Gasteiger partial charge in [0.1, 0.15) is 35.7 Å². The van der Waals surface area contributed by atoms with Crippen LogP contribution in [0.2, 0.25) is 0 Å². The molecule has 1 aromatic heterocycles. The minimum atomic E-state index is -2.38. The number of thioether (sulfide) groups is 2. The molecule has 9 rings (SSSR count). The Kier molecular flexibility index (Phi) is 20.0. The zero-order chi connectivity index (χ0) is 57.4. The molecule has 8 atom stereocenters. The number of carbonyl (C=O) groups excluding carboxylic acids is 5. The maximum absolute atomic E-state index is 14.3. The lowest BCUT2D eigenvalue weighted by atomic mass is 9.72. The lowest BCUT2D eigenvalue weighted by molar-refractivity contribution is -0.256. The summed E-state index contributed by atoms with van der Waals surface area (Å²) in [4.78, 5) is 80.1. The normalized spacial score (nSPS) is 23.9. The number of ketones is 3. The fourth-order valence-electron chi connectivity index (χ4n) is 11.0. The van der Waals surface area contributed by atoms with Crippen LogP contribution < -0.4 is 20.3 Å². The summed E-state index contributed by atoms with van der Waals surface area (Å²) in [7, 11) is 2.87. The van der Waals surface area contributed by atoms with Crippen LogP contribution in [0.5, 0.6) is 23.0 Å². The van der Waals surface area contributed by atoms with Gasteiger partial charge in [0.05, 0.1) is 93.6 Å². The van der Waals surface area contributed by atoms with Gasteiger partial charge < -0.3 is 63.3 Å². The molecule has 436 valence electrons. The van der Waals surface area contributed by atoms with Crippen LogP contribution in [0, 0.1) is 0 Å². The number of aromatic hydroxyl groups is 2. The van der Waals surface area contributed by atoms with Crippen molar-refractivity contribution < 1.29 is 86.8 Å². The number of amides is 2. The number of hydrogen-bond donors (Lipinski definition) is 5. The Morgan fingerprint density at radius 2 is 1.58 bits per heavy atom. The van der Waals surface area contributed by atoms with Gasteiger partial charge in [-0.2, -0.15) is 23.5 Å². The number of morpholine rings is 1. The van der Waals surface area contributed by atoms with Gasteiger partial charge in [-0.05, 0) is 36.6 Å². The molecule has 0 unspecified atom stereocenters. The lowest BCUT2D eigenvalue weighted by Crippen LogP contribution is -2.55. The molecule has 5 aliphatic rings. The summed E-state index contributed by atoms with van der Waals surface area (Å²) in [5.74, 6) is -2.04. The van der Waals surface area contributed by atoms with E-state index >= 15 is 0 Å². The first-order valence-electron chi connectivity index (χ1n) is 26.7. The number of ether oxygens (including phenoxy) is 9. The number of carbonyl (C=O) groups is 5. The van der Waals surface area contributed by atoms with E-state index in [1.165, 1.54) is 32.4 Å². The molecular weight excluding hydrogens is 1090 g/mol. The highest BCUT2D eigenvalue weighted by Gasteiger charge is 2.55. The molecule has 5 N–H and O–H groups in total. The highest BCUT2D eigenvalue weighted by molar-refractivity contribution is 7.98. The van der Waals surface area contributed by atoms with Gasteiger partial charge in [0.15, 0.2) is 36.0 Å². The van der Waals surface area contributed by atoms with Crippen molar-refractivity contribution in [2.24, 2.45) is 0 Å². The Morgan fingerprint density at radius 1 is 0.877 bits per heavy atom. The van der Waals surface area contributed by atoms with Crippen molar-refractivity contribution in [2.75, 3.05) is 79.5 Å². The molecular formula is C57H68N4O18S2. The van der Waals surface area contributed by atoms with E-state index in [2.05, 4.69) is 20.7 Å². The van der Waals surface area contributed by atoms with Crippen molar-refractivity contribution in [1.82, 2.24) is 20.7 Å². The van der Waals surface area contributed by atoms with Crippen molar-refractivity contribution in [3.63, 3.8) is 0 Å². The molecule has 0 radical (unpaired) electrons. The number of methoxy groups -OCH3 is 2. The second-order valence-corrected chi connectivity index (χ2v) is 21.9. The first kappa shape index (κ1) is 59.9. The predicted molar refractivity (Wildman–Crippen MR) is 293 cm³/mol. The number of phenols is 2.